The largest absolute Gasteiger partial charge is 0.390 e. The van der Waals surface area contributed by atoms with Crippen molar-refractivity contribution < 1.29 is 18.3 Å². The van der Waals surface area contributed by atoms with Crippen LogP contribution in [0.25, 0.3) is 0 Å². The third kappa shape index (κ3) is 3.13. The van der Waals surface area contributed by atoms with Gasteiger partial charge in [0.15, 0.2) is 9.84 Å². The Balaban J connectivity index is 2.24. The molecule has 7 heteroatoms. The van der Waals surface area contributed by atoms with Gasteiger partial charge in [-0.25, -0.2) is 8.42 Å². The fraction of sp³-hybridized carbons (Fsp3) is 0.462. The van der Waals surface area contributed by atoms with Gasteiger partial charge in [-0.2, -0.15) is 0 Å². The van der Waals surface area contributed by atoms with Crippen molar-refractivity contribution in [2.24, 2.45) is 0 Å². The van der Waals surface area contributed by atoms with E-state index >= 15 is 0 Å². The topological polar surface area (TPSA) is 74.7 Å². The quantitative estimate of drug-likeness (QED) is 0.901. The maximum Gasteiger partial charge on any atom is 0.254 e. The molecule has 1 aliphatic rings. The molecule has 110 valence electrons. The summed E-state index contributed by atoms with van der Waals surface area (Å²) in [5.41, 5.74) is 0.424. The van der Waals surface area contributed by atoms with E-state index in [1.807, 2.05) is 0 Å². The third-order valence-electron chi connectivity index (χ3n) is 3.39. The predicted molar refractivity (Wildman–Crippen MR) is 76.6 cm³/mol. The molecule has 1 heterocycles. The van der Waals surface area contributed by atoms with Gasteiger partial charge in [-0.3, -0.25) is 4.79 Å². The van der Waals surface area contributed by atoms with Gasteiger partial charge >= 0.3 is 0 Å². The summed E-state index contributed by atoms with van der Waals surface area (Å²) in [5, 5.41) is 10.4. The van der Waals surface area contributed by atoms with Crippen molar-refractivity contribution in [1.82, 2.24) is 4.90 Å². The number of halogens is 1. The molecule has 1 amide bonds. The Kier molecular flexibility index (Phi) is 4.36. The molecule has 20 heavy (non-hydrogen) atoms. The first-order chi connectivity index (χ1) is 9.34. The normalized spacial score (nSPS) is 24.6. The number of likely N-dealkylation sites (N-methyl/N-ethyl adjacent to an activating group) is 1. The molecular formula is C13H16ClNO4S. The summed E-state index contributed by atoms with van der Waals surface area (Å²) < 4.78 is 23.1. The van der Waals surface area contributed by atoms with Crippen LogP contribution in [0.1, 0.15) is 17.3 Å². The fourth-order valence-electron chi connectivity index (χ4n) is 2.40. The molecule has 0 radical (unpaired) electrons. The highest BCUT2D eigenvalue weighted by atomic mass is 35.5. The van der Waals surface area contributed by atoms with Crippen molar-refractivity contribution in [3.8, 4) is 0 Å². The molecule has 5 nitrogen and oxygen atoms in total. The minimum absolute atomic E-state index is 0.193. The van der Waals surface area contributed by atoms with E-state index in [1.165, 1.54) is 4.90 Å². The molecule has 0 spiro atoms. The molecular weight excluding hydrogens is 302 g/mol. The maximum absolute atomic E-state index is 12.4. The first-order valence-electron chi connectivity index (χ1n) is 6.29. The van der Waals surface area contributed by atoms with Crippen LogP contribution in [0, 0.1) is 0 Å². The minimum atomic E-state index is -3.29. The molecule has 0 aromatic heterocycles. The number of amides is 1. The summed E-state index contributed by atoms with van der Waals surface area (Å²) >= 11 is 5.77. The average Bonchev–Trinajstić information content (AvgIpc) is 2.64. The first kappa shape index (κ1) is 15.3. The molecule has 0 aliphatic carbocycles. The van der Waals surface area contributed by atoms with Crippen molar-refractivity contribution in [1.29, 1.82) is 0 Å². The van der Waals surface area contributed by atoms with Gasteiger partial charge in [0.05, 0.1) is 23.7 Å². The summed E-state index contributed by atoms with van der Waals surface area (Å²) in [4.78, 5) is 13.8. The molecule has 2 atom stereocenters. The van der Waals surface area contributed by atoms with Crippen LogP contribution >= 0.6 is 11.6 Å². The molecule has 1 aliphatic heterocycles. The van der Waals surface area contributed by atoms with E-state index in [2.05, 4.69) is 0 Å². The van der Waals surface area contributed by atoms with Crippen LogP contribution in [-0.2, 0) is 9.84 Å². The van der Waals surface area contributed by atoms with Crippen LogP contribution in [0.4, 0.5) is 0 Å². The first-order valence-corrected chi connectivity index (χ1v) is 8.49. The lowest BCUT2D eigenvalue weighted by atomic mass is 10.1. The van der Waals surface area contributed by atoms with E-state index in [-0.39, 0.29) is 17.4 Å². The Morgan fingerprint density at radius 1 is 1.35 bits per heavy atom. The summed E-state index contributed by atoms with van der Waals surface area (Å²) in [6.07, 6.45) is -1.03. The monoisotopic (exact) mass is 317 g/mol. The predicted octanol–water partition coefficient (Wildman–Crippen LogP) is 0.960. The zero-order chi connectivity index (χ0) is 14.9. The summed E-state index contributed by atoms with van der Waals surface area (Å²) in [6, 6.07) is 5.69. The highest BCUT2D eigenvalue weighted by Gasteiger charge is 2.41. The number of benzene rings is 1. The SMILES string of the molecule is CCN(C(=O)c1ccc(Cl)cc1)C1CS(=O)(=O)CC1O. The lowest BCUT2D eigenvalue weighted by Crippen LogP contribution is -2.46. The second-order valence-electron chi connectivity index (χ2n) is 4.81. The molecule has 0 saturated carbocycles. The molecule has 1 saturated heterocycles. The van der Waals surface area contributed by atoms with E-state index in [0.29, 0.717) is 17.1 Å². The van der Waals surface area contributed by atoms with E-state index < -0.39 is 22.0 Å². The van der Waals surface area contributed by atoms with Crippen LogP contribution < -0.4 is 0 Å². The van der Waals surface area contributed by atoms with Crippen LogP contribution in [0.2, 0.25) is 5.02 Å². The van der Waals surface area contributed by atoms with Gasteiger partial charge in [-0.05, 0) is 31.2 Å². The molecule has 1 N–H and O–H groups in total. The standard InChI is InChI=1S/C13H16ClNO4S/c1-2-15(11-7-20(18,19)8-12(11)16)13(17)9-3-5-10(14)6-4-9/h3-6,11-12,16H,2,7-8H2,1H3. The Morgan fingerprint density at radius 2 is 1.95 bits per heavy atom. The minimum Gasteiger partial charge on any atom is -0.390 e. The smallest absolute Gasteiger partial charge is 0.254 e. The van der Waals surface area contributed by atoms with Gasteiger partial charge in [0.2, 0.25) is 0 Å². The molecule has 2 rings (SSSR count). The number of sulfone groups is 1. The Morgan fingerprint density at radius 3 is 2.40 bits per heavy atom. The number of carbonyl (C=O) groups is 1. The van der Waals surface area contributed by atoms with Crippen molar-refractivity contribution in [2.75, 3.05) is 18.1 Å². The molecule has 2 unspecified atom stereocenters. The van der Waals surface area contributed by atoms with Gasteiger partial charge in [0.25, 0.3) is 5.91 Å². The summed E-state index contributed by atoms with van der Waals surface area (Å²) in [7, 11) is -3.29. The van der Waals surface area contributed by atoms with Crippen LogP contribution in [-0.4, -0.2) is 54.5 Å². The molecule has 1 aromatic rings. The van der Waals surface area contributed by atoms with Crippen molar-refractivity contribution in [3.05, 3.63) is 34.9 Å². The molecule has 1 aromatic carbocycles. The van der Waals surface area contributed by atoms with Crippen molar-refractivity contribution in [3.63, 3.8) is 0 Å². The van der Waals surface area contributed by atoms with Crippen LogP contribution in [0.5, 0.6) is 0 Å². The zero-order valence-corrected chi connectivity index (χ0v) is 12.6. The lowest BCUT2D eigenvalue weighted by Gasteiger charge is -2.29. The van der Waals surface area contributed by atoms with Crippen molar-refractivity contribution >= 4 is 27.3 Å². The maximum atomic E-state index is 12.4. The number of aliphatic hydroxyl groups is 1. The number of nitrogens with zero attached hydrogens (tertiary/aromatic N) is 1. The number of carbonyl (C=O) groups excluding carboxylic acids is 1. The van der Waals surface area contributed by atoms with Gasteiger partial charge in [-0.15, -0.1) is 0 Å². The lowest BCUT2D eigenvalue weighted by molar-refractivity contribution is 0.0521. The Bertz CT molecular complexity index is 599. The van der Waals surface area contributed by atoms with Crippen LogP contribution in [0.3, 0.4) is 0 Å². The number of hydrogen-bond donors (Lipinski definition) is 1. The zero-order valence-electron chi connectivity index (χ0n) is 11.0. The second kappa shape index (κ2) is 5.71. The third-order valence-corrected chi connectivity index (χ3v) is 5.34. The van der Waals surface area contributed by atoms with E-state index in [0.717, 1.165) is 0 Å². The van der Waals surface area contributed by atoms with Gasteiger partial charge in [-0.1, -0.05) is 11.6 Å². The number of rotatable bonds is 3. The van der Waals surface area contributed by atoms with Crippen molar-refractivity contribution in [2.45, 2.75) is 19.1 Å². The molecule has 1 fully saturated rings. The van der Waals surface area contributed by atoms with Gasteiger partial charge in [0, 0.05) is 17.1 Å². The van der Waals surface area contributed by atoms with Gasteiger partial charge < -0.3 is 10.0 Å². The van der Waals surface area contributed by atoms with E-state index in [9.17, 15) is 18.3 Å². The Labute approximate surface area is 123 Å². The highest BCUT2D eigenvalue weighted by Crippen LogP contribution is 2.21. The van der Waals surface area contributed by atoms with E-state index in [1.54, 1.807) is 31.2 Å². The highest BCUT2D eigenvalue weighted by molar-refractivity contribution is 7.91. The van der Waals surface area contributed by atoms with Crippen LogP contribution in [0.15, 0.2) is 24.3 Å². The summed E-state index contributed by atoms with van der Waals surface area (Å²) in [5.74, 6) is -0.783. The number of hydrogen-bond acceptors (Lipinski definition) is 4. The fourth-order valence-corrected chi connectivity index (χ4v) is 4.32. The van der Waals surface area contributed by atoms with Gasteiger partial charge in [0.1, 0.15) is 0 Å². The average molecular weight is 318 g/mol. The number of aliphatic hydroxyl groups excluding tert-OH is 1. The second-order valence-corrected chi connectivity index (χ2v) is 7.40. The Hall–Kier alpha value is -1.11. The molecule has 0 bridgehead atoms. The van der Waals surface area contributed by atoms with E-state index in [4.69, 9.17) is 11.6 Å². The summed E-state index contributed by atoms with van der Waals surface area (Å²) in [6.45, 7) is 2.09.